The Balaban J connectivity index is 2.38. The highest BCUT2D eigenvalue weighted by atomic mass is 32.2. The lowest BCUT2D eigenvalue weighted by atomic mass is 10.1. The zero-order valence-electron chi connectivity index (χ0n) is 15.1. The molecule has 140 valence electrons. The molecule has 0 aliphatic carbocycles. The number of nitrogens with zero attached hydrogens (tertiary/aromatic N) is 3. The predicted octanol–water partition coefficient (Wildman–Crippen LogP) is -0.673. The van der Waals surface area contributed by atoms with Gasteiger partial charge >= 0.3 is 0 Å². The van der Waals surface area contributed by atoms with Gasteiger partial charge in [-0.3, -0.25) is 14.5 Å². The molecule has 9 heteroatoms. The Morgan fingerprint density at radius 1 is 1.21 bits per heavy atom. The Hall–Kier alpha value is -1.19. The van der Waals surface area contributed by atoms with E-state index in [0.29, 0.717) is 32.5 Å². The minimum Gasteiger partial charge on any atom is -0.355 e. The summed E-state index contributed by atoms with van der Waals surface area (Å²) in [5.41, 5.74) is 0. The lowest BCUT2D eigenvalue weighted by molar-refractivity contribution is -0.135. The highest BCUT2D eigenvalue weighted by molar-refractivity contribution is 7.88. The lowest BCUT2D eigenvalue weighted by Gasteiger charge is -2.35. The smallest absolute Gasteiger partial charge is 0.239 e. The average molecular weight is 362 g/mol. The quantitative estimate of drug-likeness (QED) is 0.618. The van der Waals surface area contributed by atoms with Crippen LogP contribution < -0.4 is 5.32 Å². The first kappa shape index (κ1) is 20.9. The van der Waals surface area contributed by atoms with Crippen molar-refractivity contribution in [3.8, 4) is 0 Å². The Bertz CT molecular complexity index is 530. The molecule has 8 nitrogen and oxygen atoms in total. The van der Waals surface area contributed by atoms with E-state index in [4.69, 9.17) is 0 Å². The second kappa shape index (κ2) is 9.33. The standard InChI is InChI=1S/C15H30N4O4S/c1-5-8-16-14(20)11-17(2)15(21)12-19-9-6-13(7-10-19)18(3)24(4,22)23/h13H,5-12H2,1-4H3,(H,16,20). The normalized spacial score (nSPS) is 17.0. The number of hydrogen-bond donors (Lipinski definition) is 1. The Morgan fingerprint density at radius 2 is 1.79 bits per heavy atom. The first-order valence-electron chi connectivity index (χ1n) is 8.31. The summed E-state index contributed by atoms with van der Waals surface area (Å²) in [4.78, 5) is 27.3. The van der Waals surface area contributed by atoms with Crippen molar-refractivity contribution in [2.24, 2.45) is 0 Å². The van der Waals surface area contributed by atoms with Gasteiger partial charge in [0.1, 0.15) is 0 Å². The summed E-state index contributed by atoms with van der Waals surface area (Å²) in [5, 5.41) is 2.75. The topological polar surface area (TPSA) is 90.0 Å². The molecule has 0 aromatic rings. The van der Waals surface area contributed by atoms with Gasteiger partial charge in [-0.2, -0.15) is 0 Å². The number of carbonyl (C=O) groups excluding carboxylic acids is 2. The van der Waals surface area contributed by atoms with Crippen molar-refractivity contribution in [1.29, 1.82) is 0 Å². The lowest BCUT2D eigenvalue weighted by Crippen LogP contribution is -2.48. The van der Waals surface area contributed by atoms with Crippen molar-refractivity contribution < 1.29 is 18.0 Å². The molecule has 1 heterocycles. The highest BCUT2D eigenvalue weighted by Crippen LogP contribution is 2.17. The third kappa shape index (κ3) is 6.74. The third-order valence-corrected chi connectivity index (χ3v) is 5.68. The molecule has 24 heavy (non-hydrogen) atoms. The van der Waals surface area contributed by atoms with Crippen LogP contribution in [-0.4, -0.2) is 93.5 Å². The zero-order valence-corrected chi connectivity index (χ0v) is 15.9. The number of sulfonamides is 1. The molecule has 0 bridgehead atoms. The van der Waals surface area contributed by atoms with Gasteiger partial charge in [-0.1, -0.05) is 6.92 Å². The van der Waals surface area contributed by atoms with Gasteiger partial charge in [0.05, 0.1) is 19.3 Å². The number of carbonyl (C=O) groups is 2. The van der Waals surface area contributed by atoms with E-state index in [1.54, 1.807) is 14.1 Å². The van der Waals surface area contributed by atoms with Crippen LogP contribution in [-0.2, 0) is 19.6 Å². The maximum absolute atomic E-state index is 12.2. The van der Waals surface area contributed by atoms with Crippen molar-refractivity contribution in [2.45, 2.75) is 32.2 Å². The van der Waals surface area contributed by atoms with Gasteiger partial charge in [0.15, 0.2) is 0 Å². The van der Waals surface area contributed by atoms with Crippen molar-refractivity contribution in [3.05, 3.63) is 0 Å². The SMILES string of the molecule is CCCNC(=O)CN(C)C(=O)CN1CCC(N(C)S(C)(=O)=O)CC1. The van der Waals surface area contributed by atoms with Crippen LogP contribution in [0.25, 0.3) is 0 Å². The molecule has 0 saturated carbocycles. The fourth-order valence-corrected chi connectivity index (χ4v) is 3.40. The van der Waals surface area contributed by atoms with E-state index < -0.39 is 10.0 Å². The third-order valence-electron chi connectivity index (χ3n) is 4.33. The van der Waals surface area contributed by atoms with Gasteiger partial charge in [0.25, 0.3) is 0 Å². The monoisotopic (exact) mass is 362 g/mol. The molecule has 2 amide bonds. The minimum absolute atomic E-state index is 0.0103. The number of nitrogens with one attached hydrogen (secondary N) is 1. The van der Waals surface area contributed by atoms with Crippen molar-refractivity contribution >= 4 is 21.8 Å². The molecular weight excluding hydrogens is 332 g/mol. The minimum atomic E-state index is -3.18. The van der Waals surface area contributed by atoms with E-state index in [-0.39, 0.29) is 30.9 Å². The second-order valence-corrected chi connectivity index (χ2v) is 8.43. The maximum atomic E-state index is 12.2. The van der Waals surface area contributed by atoms with E-state index in [9.17, 15) is 18.0 Å². The van der Waals surface area contributed by atoms with E-state index in [1.165, 1.54) is 15.5 Å². The number of likely N-dealkylation sites (N-methyl/N-ethyl adjacent to an activating group) is 1. The van der Waals surface area contributed by atoms with Crippen LogP contribution in [0.1, 0.15) is 26.2 Å². The van der Waals surface area contributed by atoms with Crippen LogP contribution in [0, 0.1) is 0 Å². The summed E-state index contributed by atoms with van der Waals surface area (Å²) in [5.74, 6) is -0.252. The van der Waals surface area contributed by atoms with Gasteiger partial charge in [0.2, 0.25) is 21.8 Å². The first-order valence-corrected chi connectivity index (χ1v) is 10.2. The van der Waals surface area contributed by atoms with E-state index >= 15 is 0 Å². The predicted molar refractivity (Wildman–Crippen MR) is 93.0 cm³/mol. The zero-order chi connectivity index (χ0) is 18.3. The summed E-state index contributed by atoms with van der Waals surface area (Å²) < 4.78 is 24.6. The van der Waals surface area contributed by atoms with E-state index in [1.807, 2.05) is 11.8 Å². The van der Waals surface area contributed by atoms with Crippen LogP contribution in [0.3, 0.4) is 0 Å². The molecule has 1 N–H and O–H groups in total. The molecule has 1 fully saturated rings. The van der Waals surface area contributed by atoms with Gasteiger partial charge in [-0.15, -0.1) is 0 Å². The fraction of sp³-hybridized carbons (Fsp3) is 0.867. The number of hydrogen-bond acceptors (Lipinski definition) is 5. The first-order chi connectivity index (χ1) is 11.1. The van der Waals surface area contributed by atoms with Crippen molar-refractivity contribution in [1.82, 2.24) is 19.4 Å². The number of likely N-dealkylation sites (tertiary alicyclic amines) is 1. The van der Waals surface area contributed by atoms with Crippen LogP contribution in [0.15, 0.2) is 0 Å². The molecule has 0 radical (unpaired) electrons. The second-order valence-electron chi connectivity index (χ2n) is 6.39. The summed E-state index contributed by atoms with van der Waals surface area (Å²) in [6, 6.07) is -0.0103. The fourth-order valence-electron chi connectivity index (χ4n) is 2.65. The molecular formula is C15H30N4O4S. The average Bonchev–Trinajstić information content (AvgIpc) is 2.52. The van der Waals surface area contributed by atoms with Crippen LogP contribution in [0.4, 0.5) is 0 Å². The Labute approximate surface area is 145 Å². The van der Waals surface area contributed by atoms with E-state index in [2.05, 4.69) is 5.32 Å². The summed E-state index contributed by atoms with van der Waals surface area (Å²) in [6.45, 7) is 4.25. The molecule has 1 aliphatic heterocycles. The highest BCUT2D eigenvalue weighted by Gasteiger charge is 2.28. The maximum Gasteiger partial charge on any atom is 0.239 e. The van der Waals surface area contributed by atoms with Gasteiger partial charge in [0, 0.05) is 39.8 Å². The van der Waals surface area contributed by atoms with E-state index in [0.717, 1.165) is 6.42 Å². The molecule has 0 aromatic heterocycles. The summed E-state index contributed by atoms with van der Waals surface area (Å²) in [6.07, 6.45) is 3.48. The van der Waals surface area contributed by atoms with Crippen molar-refractivity contribution in [2.75, 3.05) is 53.1 Å². The molecule has 0 aromatic carbocycles. The van der Waals surface area contributed by atoms with Crippen LogP contribution in [0.5, 0.6) is 0 Å². The number of rotatable bonds is 8. The van der Waals surface area contributed by atoms with Gasteiger partial charge < -0.3 is 10.2 Å². The molecule has 0 unspecified atom stereocenters. The summed E-state index contributed by atoms with van der Waals surface area (Å²) in [7, 11) is 0.0413. The van der Waals surface area contributed by atoms with Crippen LogP contribution in [0.2, 0.25) is 0 Å². The largest absolute Gasteiger partial charge is 0.355 e. The Kier molecular flexibility index (Phi) is 8.11. The molecule has 0 atom stereocenters. The number of amides is 2. The number of piperidine rings is 1. The summed E-state index contributed by atoms with van der Waals surface area (Å²) >= 11 is 0. The molecule has 0 spiro atoms. The molecule has 1 aliphatic rings. The molecule has 1 saturated heterocycles. The molecule has 1 rings (SSSR count). The Morgan fingerprint density at radius 3 is 2.29 bits per heavy atom. The van der Waals surface area contributed by atoms with Gasteiger partial charge in [-0.05, 0) is 19.3 Å². The van der Waals surface area contributed by atoms with Gasteiger partial charge in [-0.25, -0.2) is 12.7 Å². The van der Waals surface area contributed by atoms with Crippen LogP contribution >= 0.6 is 0 Å². The van der Waals surface area contributed by atoms with Crippen molar-refractivity contribution in [3.63, 3.8) is 0 Å².